The Bertz CT molecular complexity index is 730. The summed E-state index contributed by atoms with van der Waals surface area (Å²) < 4.78 is 12.3. The Labute approximate surface area is 246 Å². The molecule has 2 N–H and O–H groups in total. The number of piperazine rings is 1. The van der Waals surface area contributed by atoms with Crippen molar-refractivity contribution in [2.24, 2.45) is 11.8 Å². The van der Waals surface area contributed by atoms with Crippen LogP contribution in [0.2, 0.25) is 0 Å². The molecule has 40 heavy (non-hydrogen) atoms. The average Bonchev–Trinajstić information content (AvgIpc) is 2.82. The number of piperidine rings is 1. The summed E-state index contributed by atoms with van der Waals surface area (Å²) in [5, 5.41) is 6.89. The number of amides is 1. The average molecular weight is 566 g/mol. The van der Waals surface area contributed by atoms with Gasteiger partial charge in [0, 0.05) is 63.9 Å². The van der Waals surface area contributed by atoms with Crippen molar-refractivity contribution >= 4 is 5.91 Å². The molecular formula is C32H63N5O3. The highest BCUT2D eigenvalue weighted by atomic mass is 16.5. The van der Waals surface area contributed by atoms with Crippen molar-refractivity contribution in [2.75, 3.05) is 72.1 Å². The zero-order chi connectivity index (χ0) is 29.3. The third-order valence-corrected chi connectivity index (χ3v) is 8.51. The van der Waals surface area contributed by atoms with Crippen LogP contribution in [0.3, 0.4) is 0 Å². The summed E-state index contributed by atoms with van der Waals surface area (Å²) in [4.78, 5) is 20.0. The Morgan fingerprint density at radius 1 is 0.850 bits per heavy atom. The lowest BCUT2D eigenvalue weighted by Gasteiger charge is -2.41. The summed E-state index contributed by atoms with van der Waals surface area (Å²) >= 11 is 0. The van der Waals surface area contributed by atoms with Crippen LogP contribution in [0, 0.1) is 11.8 Å². The number of nitrogens with one attached hydrogen (secondary N) is 2. The van der Waals surface area contributed by atoms with Crippen molar-refractivity contribution in [1.82, 2.24) is 25.3 Å². The molecule has 0 aromatic carbocycles. The number of carbonyl (C=O) groups is 1. The van der Waals surface area contributed by atoms with Crippen molar-refractivity contribution in [1.29, 1.82) is 0 Å². The Morgan fingerprint density at radius 2 is 1.48 bits per heavy atom. The maximum absolute atomic E-state index is 12.6. The molecular weight excluding hydrogens is 502 g/mol. The molecule has 3 rings (SSSR count). The van der Waals surface area contributed by atoms with Crippen LogP contribution in [0.15, 0.2) is 0 Å². The van der Waals surface area contributed by atoms with Crippen LogP contribution in [0.5, 0.6) is 0 Å². The van der Waals surface area contributed by atoms with Gasteiger partial charge in [-0.15, -0.1) is 0 Å². The highest BCUT2D eigenvalue weighted by Crippen LogP contribution is 2.28. The van der Waals surface area contributed by atoms with Crippen LogP contribution in [-0.4, -0.2) is 122 Å². The number of rotatable bonds is 14. The molecule has 2 atom stereocenters. The fraction of sp³-hybridized carbons (Fsp3) is 0.969. The van der Waals surface area contributed by atoms with E-state index in [0.717, 1.165) is 90.6 Å². The third-order valence-electron chi connectivity index (χ3n) is 8.51. The summed E-state index contributed by atoms with van der Waals surface area (Å²) in [5.74, 6) is 1.59. The lowest BCUT2D eigenvalue weighted by Crippen LogP contribution is -2.54. The van der Waals surface area contributed by atoms with E-state index in [-0.39, 0.29) is 23.1 Å². The van der Waals surface area contributed by atoms with Crippen LogP contribution >= 0.6 is 0 Å². The highest BCUT2D eigenvalue weighted by Gasteiger charge is 2.34. The topological polar surface area (TPSA) is 69.3 Å². The minimum atomic E-state index is -0.0788. The van der Waals surface area contributed by atoms with Gasteiger partial charge in [0.25, 0.3) is 0 Å². The number of hydrogen-bond acceptors (Lipinski definition) is 7. The van der Waals surface area contributed by atoms with Crippen molar-refractivity contribution < 1.29 is 14.3 Å². The van der Waals surface area contributed by atoms with Gasteiger partial charge in [-0.25, -0.2) is 0 Å². The van der Waals surface area contributed by atoms with Gasteiger partial charge in [0.2, 0.25) is 5.91 Å². The van der Waals surface area contributed by atoms with Crippen molar-refractivity contribution in [3.63, 3.8) is 0 Å². The van der Waals surface area contributed by atoms with Gasteiger partial charge >= 0.3 is 0 Å². The van der Waals surface area contributed by atoms with E-state index < -0.39 is 0 Å². The third kappa shape index (κ3) is 13.5. The zero-order valence-corrected chi connectivity index (χ0v) is 27.3. The molecule has 2 heterocycles. The van der Waals surface area contributed by atoms with Gasteiger partial charge < -0.3 is 25.0 Å². The Balaban J connectivity index is 1.20. The first-order valence-electron chi connectivity index (χ1n) is 16.2. The first kappa shape index (κ1) is 33.7. The normalized spacial score (nSPS) is 25.9. The van der Waals surface area contributed by atoms with E-state index in [1.807, 2.05) is 0 Å². The van der Waals surface area contributed by atoms with E-state index in [1.165, 1.54) is 13.0 Å². The Kier molecular flexibility index (Phi) is 13.2. The minimum absolute atomic E-state index is 0.0788. The lowest BCUT2D eigenvalue weighted by atomic mass is 9.88. The van der Waals surface area contributed by atoms with Gasteiger partial charge in [0.1, 0.15) is 0 Å². The largest absolute Gasteiger partial charge is 0.375 e. The van der Waals surface area contributed by atoms with Gasteiger partial charge in [0.05, 0.1) is 31.0 Å². The molecule has 1 saturated carbocycles. The van der Waals surface area contributed by atoms with E-state index in [0.29, 0.717) is 24.7 Å². The number of hydrogen-bond donors (Lipinski definition) is 2. The molecule has 0 radical (unpaired) electrons. The van der Waals surface area contributed by atoms with Gasteiger partial charge in [-0.2, -0.15) is 0 Å². The Hall–Kier alpha value is -0.770. The predicted molar refractivity (Wildman–Crippen MR) is 165 cm³/mol. The van der Waals surface area contributed by atoms with Crippen LogP contribution in [-0.2, 0) is 14.3 Å². The summed E-state index contributed by atoms with van der Waals surface area (Å²) in [7, 11) is 0. The highest BCUT2D eigenvalue weighted by molar-refractivity contribution is 5.78. The molecule has 0 bridgehead atoms. The number of ether oxygens (including phenoxy) is 2. The number of nitrogens with zero attached hydrogens (tertiary/aromatic N) is 3. The molecule has 1 amide bonds. The van der Waals surface area contributed by atoms with Gasteiger partial charge in [-0.1, -0.05) is 13.8 Å². The van der Waals surface area contributed by atoms with E-state index in [2.05, 4.69) is 80.7 Å². The van der Waals surface area contributed by atoms with Gasteiger partial charge in [0.15, 0.2) is 0 Å². The molecule has 1 aliphatic carbocycles. The molecule has 3 aliphatic rings. The van der Waals surface area contributed by atoms with E-state index in [4.69, 9.17) is 9.47 Å². The second-order valence-electron chi connectivity index (χ2n) is 15.1. The Morgan fingerprint density at radius 3 is 2.08 bits per heavy atom. The van der Waals surface area contributed by atoms with E-state index >= 15 is 0 Å². The second kappa shape index (κ2) is 15.6. The molecule has 0 aromatic heterocycles. The second-order valence-corrected chi connectivity index (χ2v) is 15.1. The van der Waals surface area contributed by atoms with Crippen molar-refractivity contribution in [3.05, 3.63) is 0 Å². The predicted octanol–water partition coefficient (Wildman–Crippen LogP) is 3.60. The fourth-order valence-electron chi connectivity index (χ4n) is 6.19. The molecule has 0 aromatic rings. The first-order valence-corrected chi connectivity index (χ1v) is 16.2. The van der Waals surface area contributed by atoms with E-state index in [1.54, 1.807) is 0 Å². The minimum Gasteiger partial charge on any atom is -0.375 e. The zero-order valence-electron chi connectivity index (χ0n) is 27.3. The van der Waals surface area contributed by atoms with Crippen LogP contribution < -0.4 is 10.6 Å². The van der Waals surface area contributed by atoms with E-state index in [9.17, 15) is 4.79 Å². The molecule has 2 unspecified atom stereocenters. The molecule has 8 nitrogen and oxygen atoms in total. The molecule has 2 aliphatic heterocycles. The first-order chi connectivity index (χ1) is 18.7. The SMILES string of the molecule is CC(CNC(C)(C)C)CC(C)CN1CCC(OC2CC(NC(=O)CN3CCN(CCOC(C)(C)C)CC3)C2)CC1. The van der Waals surface area contributed by atoms with Crippen LogP contribution in [0.4, 0.5) is 0 Å². The lowest BCUT2D eigenvalue weighted by molar-refractivity contribution is -0.127. The van der Waals surface area contributed by atoms with Gasteiger partial charge in [-0.05, 0) is 92.0 Å². The standard InChI is InChI=1S/C32H63N5O3/c1-25(22-33-31(3,4)5)19-26(2)23-36-11-9-28(10-12-36)40-29-20-27(21-29)34-30(38)24-37-15-13-35(14-16-37)17-18-39-32(6,7)8/h25-29,33H,9-24H2,1-8H3,(H,34,38). The smallest absolute Gasteiger partial charge is 0.234 e. The molecule has 2 saturated heterocycles. The summed E-state index contributed by atoms with van der Waals surface area (Å²) in [6, 6.07) is 0.282. The summed E-state index contributed by atoms with van der Waals surface area (Å²) in [6.45, 7) is 28.5. The van der Waals surface area contributed by atoms with Crippen LogP contribution in [0.25, 0.3) is 0 Å². The maximum atomic E-state index is 12.6. The monoisotopic (exact) mass is 565 g/mol. The van der Waals surface area contributed by atoms with Gasteiger partial charge in [-0.3, -0.25) is 14.6 Å². The summed E-state index contributed by atoms with van der Waals surface area (Å²) in [6.07, 6.45) is 6.17. The molecule has 0 spiro atoms. The maximum Gasteiger partial charge on any atom is 0.234 e. The van der Waals surface area contributed by atoms with Crippen LogP contribution in [0.1, 0.15) is 87.5 Å². The van der Waals surface area contributed by atoms with Crippen molar-refractivity contribution in [3.8, 4) is 0 Å². The number of carbonyl (C=O) groups excluding carboxylic acids is 1. The summed E-state index contributed by atoms with van der Waals surface area (Å²) in [5.41, 5.74) is 0.119. The quantitative estimate of drug-likeness (QED) is 0.334. The molecule has 3 fully saturated rings. The van der Waals surface area contributed by atoms with Crippen molar-refractivity contribution in [2.45, 2.75) is 117 Å². The molecule has 234 valence electrons. The fourth-order valence-corrected chi connectivity index (χ4v) is 6.19. The molecule has 8 heteroatoms. The number of likely N-dealkylation sites (tertiary alicyclic amines) is 1.